The minimum absolute atomic E-state index is 0.183. The van der Waals surface area contributed by atoms with Gasteiger partial charge in [0.1, 0.15) is 0 Å². The summed E-state index contributed by atoms with van der Waals surface area (Å²) >= 11 is 0. The lowest BCUT2D eigenvalue weighted by Gasteiger charge is -2.33. The largest absolute Gasteiger partial charge is 0.345 e. The first-order valence-electron chi connectivity index (χ1n) is 7.05. The van der Waals surface area contributed by atoms with E-state index in [-0.39, 0.29) is 5.92 Å². The topological polar surface area (TPSA) is 46.3 Å². The fourth-order valence-electron chi connectivity index (χ4n) is 2.78. The Kier molecular flexibility index (Phi) is 5.96. The van der Waals surface area contributed by atoms with E-state index in [2.05, 4.69) is 13.8 Å². The van der Waals surface area contributed by atoms with Gasteiger partial charge in [-0.25, -0.2) is 0 Å². The summed E-state index contributed by atoms with van der Waals surface area (Å²) in [4.78, 5) is 14.3. The molecular weight excluding hydrogens is 212 g/mol. The third-order valence-electron chi connectivity index (χ3n) is 4.19. The summed E-state index contributed by atoms with van der Waals surface area (Å²) in [5.41, 5.74) is 5.79. The number of nitrogens with two attached hydrogens (primary N) is 1. The first-order valence-corrected chi connectivity index (χ1v) is 7.05. The number of amides is 1. The maximum Gasteiger partial charge on any atom is 0.225 e. The van der Waals surface area contributed by atoms with Crippen LogP contribution in [0.15, 0.2) is 0 Å². The summed E-state index contributed by atoms with van der Waals surface area (Å²) < 4.78 is 0. The fraction of sp³-hybridized carbons (Fsp3) is 0.929. The third-order valence-corrected chi connectivity index (χ3v) is 4.19. The van der Waals surface area contributed by atoms with Gasteiger partial charge in [-0.2, -0.15) is 0 Å². The molecule has 1 aliphatic rings. The van der Waals surface area contributed by atoms with Crippen molar-refractivity contribution in [2.75, 3.05) is 20.1 Å². The summed E-state index contributed by atoms with van der Waals surface area (Å²) in [7, 11) is 1.94. The van der Waals surface area contributed by atoms with Crippen LogP contribution in [0, 0.1) is 17.8 Å². The Labute approximate surface area is 106 Å². The maximum atomic E-state index is 12.4. The minimum atomic E-state index is 0.183. The molecular formula is C14H28N2O. The molecule has 3 atom stereocenters. The third kappa shape index (κ3) is 3.98. The lowest BCUT2D eigenvalue weighted by molar-refractivity contribution is -0.137. The number of hydrogen-bond acceptors (Lipinski definition) is 2. The van der Waals surface area contributed by atoms with Gasteiger partial charge in [-0.15, -0.1) is 0 Å². The zero-order valence-electron chi connectivity index (χ0n) is 11.6. The fourth-order valence-corrected chi connectivity index (χ4v) is 2.78. The predicted octanol–water partition coefficient (Wildman–Crippen LogP) is 2.26. The van der Waals surface area contributed by atoms with Gasteiger partial charge in [-0.3, -0.25) is 4.79 Å². The average Bonchev–Trinajstić information content (AvgIpc) is 2.37. The molecule has 0 aromatic rings. The van der Waals surface area contributed by atoms with Crippen molar-refractivity contribution in [3.63, 3.8) is 0 Å². The molecule has 1 saturated carbocycles. The Hall–Kier alpha value is -0.570. The van der Waals surface area contributed by atoms with Gasteiger partial charge in [0, 0.05) is 19.5 Å². The second kappa shape index (κ2) is 7.00. The van der Waals surface area contributed by atoms with E-state index in [0.717, 1.165) is 25.8 Å². The molecule has 0 saturated heterocycles. The molecule has 1 fully saturated rings. The minimum Gasteiger partial charge on any atom is -0.345 e. The Balaban J connectivity index is 2.54. The van der Waals surface area contributed by atoms with E-state index < -0.39 is 0 Å². The highest BCUT2D eigenvalue weighted by molar-refractivity contribution is 5.79. The smallest absolute Gasteiger partial charge is 0.225 e. The van der Waals surface area contributed by atoms with Crippen molar-refractivity contribution in [2.24, 2.45) is 23.5 Å². The van der Waals surface area contributed by atoms with Crippen molar-refractivity contribution in [3.8, 4) is 0 Å². The van der Waals surface area contributed by atoms with E-state index in [1.165, 1.54) is 12.8 Å². The van der Waals surface area contributed by atoms with Crippen molar-refractivity contribution < 1.29 is 4.79 Å². The molecule has 3 unspecified atom stereocenters. The molecule has 3 nitrogen and oxygen atoms in total. The van der Waals surface area contributed by atoms with E-state index in [4.69, 9.17) is 5.73 Å². The van der Waals surface area contributed by atoms with Crippen LogP contribution in [-0.4, -0.2) is 30.9 Å². The second-order valence-corrected chi connectivity index (χ2v) is 5.62. The molecule has 0 spiro atoms. The van der Waals surface area contributed by atoms with Crippen molar-refractivity contribution >= 4 is 5.91 Å². The average molecular weight is 240 g/mol. The molecule has 17 heavy (non-hydrogen) atoms. The van der Waals surface area contributed by atoms with Crippen molar-refractivity contribution in [1.82, 2.24) is 4.90 Å². The molecule has 2 N–H and O–H groups in total. The second-order valence-electron chi connectivity index (χ2n) is 5.62. The number of carbonyl (C=O) groups excluding carboxylic acids is 1. The van der Waals surface area contributed by atoms with Crippen LogP contribution in [-0.2, 0) is 4.79 Å². The van der Waals surface area contributed by atoms with Crippen molar-refractivity contribution in [1.29, 1.82) is 0 Å². The molecule has 1 aliphatic carbocycles. The van der Waals surface area contributed by atoms with Crippen LogP contribution in [0.2, 0.25) is 0 Å². The molecule has 0 radical (unpaired) electrons. The van der Waals surface area contributed by atoms with Crippen LogP contribution in [0.5, 0.6) is 0 Å². The van der Waals surface area contributed by atoms with E-state index in [1.54, 1.807) is 0 Å². The van der Waals surface area contributed by atoms with Crippen LogP contribution in [0.3, 0.4) is 0 Å². The van der Waals surface area contributed by atoms with Crippen LogP contribution in [0.1, 0.15) is 46.0 Å². The lowest BCUT2D eigenvalue weighted by atomic mass is 9.78. The monoisotopic (exact) mass is 240 g/mol. The molecule has 1 amide bonds. The van der Waals surface area contributed by atoms with Gasteiger partial charge < -0.3 is 10.6 Å². The van der Waals surface area contributed by atoms with Gasteiger partial charge in [0.15, 0.2) is 0 Å². The molecule has 0 bridgehead atoms. The first kappa shape index (κ1) is 14.5. The van der Waals surface area contributed by atoms with Gasteiger partial charge in [0.05, 0.1) is 0 Å². The summed E-state index contributed by atoms with van der Waals surface area (Å²) in [5.74, 6) is 1.50. The van der Waals surface area contributed by atoms with Crippen LogP contribution >= 0.6 is 0 Å². The summed E-state index contributed by atoms with van der Waals surface area (Å²) in [6.45, 7) is 5.91. The molecule has 1 rings (SSSR count). The van der Waals surface area contributed by atoms with Crippen LogP contribution in [0.4, 0.5) is 0 Å². The summed E-state index contributed by atoms with van der Waals surface area (Å²) in [5, 5.41) is 0. The lowest BCUT2D eigenvalue weighted by Crippen LogP contribution is -2.41. The predicted molar refractivity (Wildman–Crippen MR) is 71.6 cm³/mol. The van der Waals surface area contributed by atoms with Gasteiger partial charge in [0.25, 0.3) is 0 Å². The van der Waals surface area contributed by atoms with Crippen LogP contribution in [0.25, 0.3) is 0 Å². The molecule has 3 heteroatoms. The number of carbonyl (C=O) groups is 1. The molecule has 0 aromatic carbocycles. The molecule has 100 valence electrons. The normalized spacial score (nSPS) is 26.6. The Morgan fingerprint density at radius 3 is 2.65 bits per heavy atom. The quantitative estimate of drug-likeness (QED) is 0.801. The van der Waals surface area contributed by atoms with Crippen molar-refractivity contribution in [2.45, 2.75) is 46.0 Å². The van der Waals surface area contributed by atoms with Gasteiger partial charge >= 0.3 is 0 Å². The highest BCUT2D eigenvalue weighted by Crippen LogP contribution is 2.30. The number of nitrogens with zero attached hydrogens (tertiary/aromatic N) is 1. The molecule has 0 aliphatic heterocycles. The van der Waals surface area contributed by atoms with Gasteiger partial charge in [0.2, 0.25) is 5.91 Å². The Morgan fingerprint density at radius 2 is 2.06 bits per heavy atom. The highest BCUT2D eigenvalue weighted by Gasteiger charge is 2.31. The van der Waals surface area contributed by atoms with E-state index in [9.17, 15) is 4.79 Å². The zero-order valence-corrected chi connectivity index (χ0v) is 11.6. The summed E-state index contributed by atoms with van der Waals surface area (Å²) in [6.07, 6.45) is 5.71. The highest BCUT2D eigenvalue weighted by atomic mass is 16.2. The van der Waals surface area contributed by atoms with Crippen molar-refractivity contribution in [3.05, 3.63) is 0 Å². The molecule has 0 heterocycles. The van der Waals surface area contributed by atoms with E-state index >= 15 is 0 Å². The standard InChI is InChI=1S/C14H28N2O/c1-4-11(2)10-16(3)14(17)13-8-6-5-7-12(13)9-15/h11-13H,4-10,15H2,1-3H3. The first-order chi connectivity index (χ1) is 8.10. The van der Waals surface area contributed by atoms with Gasteiger partial charge in [-0.05, 0) is 31.2 Å². The number of hydrogen-bond donors (Lipinski definition) is 1. The molecule has 0 aromatic heterocycles. The zero-order chi connectivity index (χ0) is 12.8. The number of rotatable bonds is 5. The van der Waals surface area contributed by atoms with E-state index in [0.29, 0.717) is 24.3 Å². The van der Waals surface area contributed by atoms with E-state index in [1.807, 2.05) is 11.9 Å². The van der Waals surface area contributed by atoms with Gasteiger partial charge in [-0.1, -0.05) is 33.1 Å². The Bertz CT molecular complexity index is 242. The Morgan fingerprint density at radius 1 is 1.41 bits per heavy atom. The SMILES string of the molecule is CCC(C)CN(C)C(=O)C1CCCCC1CN. The van der Waals surface area contributed by atoms with Crippen LogP contribution < -0.4 is 5.73 Å². The maximum absolute atomic E-state index is 12.4. The summed E-state index contributed by atoms with van der Waals surface area (Å²) in [6, 6.07) is 0.